The molecule has 0 saturated carbocycles. The number of hydrogen-bond acceptors (Lipinski definition) is 3. The molecule has 0 aliphatic heterocycles. The summed E-state index contributed by atoms with van der Waals surface area (Å²) in [6.45, 7) is 0.351. The van der Waals surface area contributed by atoms with Crippen LogP contribution >= 0.6 is 0 Å². The van der Waals surface area contributed by atoms with Gasteiger partial charge in [-0.05, 0) is 10.9 Å². The van der Waals surface area contributed by atoms with Gasteiger partial charge in [-0.1, -0.05) is 71.9 Å². The Morgan fingerprint density at radius 1 is 0.818 bits per heavy atom. The summed E-state index contributed by atoms with van der Waals surface area (Å²) in [7, 11) is 0. The molecule has 0 heterocycles. The summed E-state index contributed by atoms with van der Waals surface area (Å²) in [5.41, 5.74) is 2.97. The van der Waals surface area contributed by atoms with Gasteiger partial charge in [0.05, 0.1) is 0 Å². The van der Waals surface area contributed by atoms with Crippen molar-refractivity contribution in [2.45, 2.75) is 6.61 Å². The fourth-order valence-corrected chi connectivity index (χ4v) is 2.81. The quantitative estimate of drug-likeness (QED) is 0.684. The Morgan fingerprint density at radius 2 is 1.55 bits per heavy atom. The molecule has 22 heavy (non-hydrogen) atoms. The van der Waals surface area contributed by atoms with Gasteiger partial charge in [-0.25, -0.2) is 0 Å². The van der Waals surface area contributed by atoms with Crippen LogP contribution in [0.4, 0.5) is 0 Å². The van der Waals surface area contributed by atoms with Gasteiger partial charge >= 0.3 is 0 Å². The molecule has 3 heteroatoms. The van der Waals surface area contributed by atoms with Crippen molar-refractivity contribution in [2.75, 3.05) is 0 Å². The van der Waals surface area contributed by atoms with Gasteiger partial charge in [0.25, 0.3) is 0 Å². The van der Waals surface area contributed by atoms with E-state index in [1.165, 1.54) is 0 Å². The molecule has 0 amide bonds. The van der Waals surface area contributed by atoms with Gasteiger partial charge < -0.3 is 4.84 Å². The Kier molecular flexibility index (Phi) is 2.97. The van der Waals surface area contributed by atoms with E-state index in [0.717, 1.165) is 21.9 Å². The lowest BCUT2D eigenvalue weighted by atomic mass is 10.1. The first-order valence-electron chi connectivity index (χ1n) is 7.15. The summed E-state index contributed by atoms with van der Waals surface area (Å²) < 4.78 is 0. The van der Waals surface area contributed by atoms with Crippen LogP contribution in [0.3, 0.4) is 0 Å². The highest BCUT2D eigenvalue weighted by atomic mass is 16.6. The van der Waals surface area contributed by atoms with Gasteiger partial charge in [0.2, 0.25) is 5.78 Å². The van der Waals surface area contributed by atoms with Crippen LogP contribution in [0.15, 0.2) is 71.9 Å². The van der Waals surface area contributed by atoms with Crippen LogP contribution in [0, 0.1) is 0 Å². The molecule has 1 aliphatic carbocycles. The smallest absolute Gasteiger partial charge is 0.216 e. The van der Waals surface area contributed by atoms with Crippen molar-refractivity contribution in [3.63, 3.8) is 0 Å². The van der Waals surface area contributed by atoms with Crippen molar-refractivity contribution in [2.24, 2.45) is 5.16 Å². The molecule has 0 saturated heterocycles. The Bertz CT molecular complexity index is 892. The Balaban J connectivity index is 1.68. The standard InChI is InChI=1S/C19H13NO2/c21-19-16-11-5-9-14-8-4-10-15(17(14)16)18(19)20-22-12-13-6-2-1-3-7-13/h1-11H,12H2/b20-18+. The van der Waals surface area contributed by atoms with Gasteiger partial charge in [0.1, 0.15) is 6.61 Å². The van der Waals surface area contributed by atoms with Crippen molar-refractivity contribution < 1.29 is 9.63 Å². The topological polar surface area (TPSA) is 38.7 Å². The van der Waals surface area contributed by atoms with Gasteiger partial charge in [-0.15, -0.1) is 0 Å². The first-order chi connectivity index (χ1) is 10.8. The molecular formula is C19H13NO2. The van der Waals surface area contributed by atoms with Crippen LogP contribution in [-0.2, 0) is 11.4 Å². The number of oxime groups is 1. The molecule has 0 bridgehead atoms. The highest BCUT2D eigenvalue weighted by molar-refractivity contribution is 6.58. The second kappa shape index (κ2) is 5.11. The fourth-order valence-electron chi connectivity index (χ4n) is 2.81. The predicted molar refractivity (Wildman–Crippen MR) is 86.0 cm³/mol. The van der Waals surface area contributed by atoms with E-state index in [9.17, 15) is 4.79 Å². The highest BCUT2D eigenvalue weighted by Gasteiger charge is 2.29. The zero-order chi connectivity index (χ0) is 14.9. The number of benzene rings is 3. The van der Waals surface area contributed by atoms with Crippen LogP contribution < -0.4 is 0 Å². The van der Waals surface area contributed by atoms with E-state index < -0.39 is 0 Å². The van der Waals surface area contributed by atoms with Crippen molar-refractivity contribution in [3.05, 3.63) is 83.4 Å². The molecule has 4 rings (SSSR count). The molecule has 0 aromatic heterocycles. The molecule has 0 fully saturated rings. The first-order valence-corrected chi connectivity index (χ1v) is 7.15. The summed E-state index contributed by atoms with van der Waals surface area (Å²) in [5.74, 6) is -0.0696. The SMILES string of the molecule is O=C1/C(=N/OCc2ccccc2)c2cccc3cccc1c23. The molecule has 0 radical (unpaired) electrons. The van der Waals surface area contributed by atoms with Crippen LogP contribution in [0.5, 0.6) is 0 Å². The zero-order valence-electron chi connectivity index (χ0n) is 11.8. The minimum absolute atomic E-state index is 0.0696. The number of hydrogen-bond donors (Lipinski definition) is 0. The van der Waals surface area contributed by atoms with Gasteiger partial charge in [0.15, 0.2) is 5.71 Å². The van der Waals surface area contributed by atoms with E-state index in [0.29, 0.717) is 17.9 Å². The summed E-state index contributed by atoms with van der Waals surface area (Å²) in [5, 5.41) is 6.13. The molecular weight excluding hydrogens is 274 g/mol. The fraction of sp³-hybridized carbons (Fsp3) is 0.0526. The van der Waals surface area contributed by atoms with E-state index in [1.54, 1.807) is 0 Å². The van der Waals surface area contributed by atoms with Crippen LogP contribution in [0.25, 0.3) is 10.8 Å². The lowest BCUT2D eigenvalue weighted by molar-refractivity contribution is 0.104. The Hall–Kier alpha value is -2.94. The lowest BCUT2D eigenvalue weighted by Crippen LogP contribution is -2.09. The largest absolute Gasteiger partial charge is 0.390 e. The minimum atomic E-state index is -0.0696. The second-order valence-electron chi connectivity index (χ2n) is 5.24. The maximum atomic E-state index is 12.5. The van der Waals surface area contributed by atoms with Gasteiger partial charge in [-0.3, -0.25) is 4.79 Å². The zero-order valence-corrected chi connectivity index (χ0v) is 11.8. The summed E-state index contributed by atoms with van der Waals surface area (Å²) in [6, 6.07) is 21.4. The number of Topliss-reactive ketones (excluding diaryl/α,β-unsaturated/α-hetero) is 1. The number of carbonyl (C=O) groups is 1. The minimum Gasteiger partial charge on any atom is -0.390 e. The highest BCUT2D eigenvalue weighted by Crippen LogP contribution is 2.31. The first kappa shape index (κ1) is 12.8. The Morgan fingerprint density at radius 3 is 2.32 bits per heavy atom. The van der Waals surface area contributed by atoms with E-state index in [4.69, 9.17) is 4.84 Å². The summed E-state index contributed by atoms with van der Waals surface area (Å²) in [4.78, 5) is 17.9. The van der Waals surface area contributed by atoms with Crippen molar-refractivity contribution >= 4 is 22.3 Å². The number of ketones is 1. The molecule has 1 aliphatic rings. The number of rotatable bonds is 3. The van der Waals surface area contributed by atoms with Gasteiger partial charge in [-0.2, -0.15) is 0 Å². The monoisotopic (exact) mass is 287 g/mol. The van der Waals surface area contributed by atoms with E-state index in [2.05, 4.69) is 5.16 Å². The molecule has 0 spiro atoms. The maximum Gasteiger partial charge on any atom is 0.216 e. The van der Waals surface area contributed by atoms with Crippen LogP contribution in [0.1, 0.15) is 21.5 Å². The molecule has 0 N–H and O–H groups in total. The third-order valence-corrected chi connectivity index (χ3v) is 3.85. The molecule has 3 nitrogen and oxygen atoms in total. The summed E-state index contributed by atoms with van der Waals surface area (Å²) in [6.07, 6.45) is 0. The lowest BCUT2D eigenvalue weighted by Gasteiger charge is -2.01. The van der Waals surface area contributed by atoms with Gasteiger partial charge in [0, 0.05) is 16.5 Å². The van der Waals surface area contributed by atoms with Crippen molar-refractivity contribution in [1.82, 2.24) is 0 Å². The predicted octanol–water partition coefficient (Wildman–Crippen LogP) is 3.96. The second-order valence-corrected chi connectivity index (χ2v) is 5.24. The van der Waals surface area contributed by atoms with E-state index in [1.807, 2.05) is 66.7 Å². The molecule has 106 valence electrons. The van der Waals surface area contributed by atoms with Crippen LogP contribution in [0.2, 0.25) is 0 Å². The normalized spacial score (nSPS) is 14.7. The van der Waals surface area contributed by atoms with E-state index in [-0.39, 0.29) is 5.78 Å². The molecule has 3 aromatic carbocycles. The molecule has 0 unspecified atom stereocenters. The summed E-state index contributed by atoms with van der Waals surface area (Å²) >= 11 is 0. The Labute approximate surface area is 127 Å². The average Bonchev–Trinajstić information content (AvgIpc) is 2.84. The average molecular weight is 287 g/mol. The third kappa shape index (κ3) is 1.99. The van der Waals surface area contributed by atoms with Crippen molar-refractivity contribution in [3.8, 4) is 0 Å². The van der Waals surface area contributed by atoms with Crippen LogP contribution in [-0.4, -0.2) is 11.5 Å². The van der Waals surface area contributed by atoms with Crippen molar-refractivity contribution in [1.29, 1.82) is 0 Å². The maximum absolute atomic E-state index is 12.5. The molecule has 3 aromatic rings. The van der Waals surface area contributed by atoms with E-state index >= 15 is 0 Å². The third-order valence-electron chi connectivity index (χ3n) is 3.85. The number of carbonyl (C=O) groups excluding carboxylic acids is 1. The molecule has 0 atom stereocenters. The number of nitrogens with zero attached hydrogens (tertiary/aromatic N) is 1.